The van der Waals surface area contributed by atoms with Gasteiger partial charge in [-0.05, 0) is 55.3 Å². The van der Waals surface area contributed by atoms with E-state index >= 15 is 0 Å². The van der Waals surface area contributed by atoms with E-state index in [1.165, 1.54) is 7.11 Å². The number of esters is 1. The monoisotopic (exact) mass is 496 g/mol. The number of carbonyl (C=O) groups is 3. The Morgan fingerprint density at radius 3 is 2.37 bits per heavy atom. The molecule has 0 fully saturated rings. The number of halogens is 2. The summed E-state index contributed by atoms with van der Waals surface area (Å²) in [6.07, 6.45) is -0.278. The predicted molar refractivity (Wildman–Crippen MR) is 119 cm³/mol. The Morgan fingerprint density at radius 1 is 0.967 bits per heavy atom. The SMILES string of the molecule is COc1ccc(Cl)cc1NC(=O)CCC(=O)OCC(=O)Nc1ccc(Br)c(C)c1C. The number of carbonyl (C=O) groups excluding carboxylic acids is 3. The van der Waals surface area contributed by atoms with Gasteiger partial charge in [-0.1, -0.05) is 27.5 Å². The van der Waals surface area contributed by atoms with Crippen molar-refractivity contribution in [2.45, 2.75) is 26.7 Å². The minimum atomic E-state index is -0.651. The fourth-order valence-electron chi connectivity index (χ4n) is 2.53. The van der Waals surface area contributed by atoms with Crippen molar-refractivity contribution >= 4 is 56.7 Å². The van der Waals surface area contributed by atoms with Crippen molar-refractivity contribution in [3.63, 3.8) is 0 Å². The summed E-state index contributed by atoms with van der Waals surface area (Å²) in [6.45, 7) is 3.38. The molecular weight excluding hydrogens is 476 g/mol. The first-order valence-electron chi connectivity index (χ1n) is 9.05. The molecule has 0 unspecified atom stereocenters. The summed E-state index contributed by atoms with van der Waals surface area (Å²) in [6, 6.07) is 8.40. The van der Waals surface area contributed by atoms with Gasteiger partial charge in [0, 0.05) is 21.6 Å². The molecule has 0 heterocycles. The second-order valence-electron chi connectivity index (χ2n) is 6.45. The zero-order chi connectivity index (χ0) is 22.3. The minimum Gasteiger partial charge on any atom is -0.495 e. The van der Waals surface area contributed by atoms with Crippen LogP contribution in [0.2, 0.25) is 5.02 Å². The van der Waals surface area contributed by atoms with E-state index in [9.17, 15) is 14.4 Å². The van der Waals surface area contributed by atoms with Crippen molar-refractivity contribution in [1.29, 1.82) is 0 Å². The van der Waals surface area contributed by atoms with Crippen molar-refractivity contribution in [2.24, 2.45) is 0 Å². The highest BCUT2D eigenvalue weighted by Crippen LogP contribution is 2.28. The summed E-state index contributed by atoms with van der Waals surface area (Å²) in [5, 5.41) is 5.78. The molecule has 160 valence electrons. The molecule has 0 radical (unpaired) electrons. The van der Waals surface area contributed by atoms with Crippen LogP contribution in [0.15, 0.2) is 34.8 Å². The summed E-state index contributed by atoms with van der Waals surface area (Å²) < 4.78 is 11.0. The van der Waals surface area contributed by atoms with Gasteiger partial charge in [0.15, 0.2) is 6.61 Å². The standard InChI is InChI=1S/C21H22BrClN2O5/c1-12-13(2)16(6-5-15(12)22)24-20(27)11-30-21(28)9-8-19(26)25-17-10-14(23)4-7-18(17)29-3/h4-7,10H,8-9,11H2,1-3H3,(H,24,27)(H,25,26). The van der Waals surface area contributed by atoms with Crippen LogP contribution in [0, 0.1) is 13.8 Å². The molecule has 2 N–H and O–H groups in total. The van der Waals surface area contributed by atoms with Gasteiger partial charge < -0.3 is 20.1 Å². The number of hydrogen-bond donors (Lipinski definition) is 2. The third-order valence-electron chi connectivity index (χ3n) is 4.35. The topological polar surface area (TPSA) is 93.7 Å². The van der Waals surface area contributed by atoms with Crippen LogP contribution < -0.4 is 15.4 Å². The molecule has 0 aliphatic rings. The highest BCUT2D eigenvalue weighted by Gasteiger charge is 2.14. The second-order valence-corrected chi connectivity index (χ2v) is 7.74. The van der Waals surface area contributed by atoms with E-state index in [0.717, 1.165) is 15.6 Å². The van der Waals surface area contributed by atoms with E-state index in [1.807, 2.05) is 19.9 Å². The average Bonchev–Trinajstić information content (AvgIpc) is 2.71. The molecule has 0 saturated carbocycles. The van der Waals surface area contributed by atoms with Gasteiger partial charge in [-0.2, -0.15) is 0 Å². The summed E-state index contributed by atoms with van der Waals surface area (Å²) in [5.74, 6) is -1.06. The number of ether oxygens (including phenoxy) is 2. The van der Waals surface area contributed by atoms with E-state index < -0.39 is 24.4 Å². The van der Waals surface area contributed by atoms with Crippen LogP contribution in [0.5, 0.6) is 5.75 Å². The fourth-order valence-corrected chi connectivity index (χ4v) is 3.14. The summed E-state index contributed by atoms with van der Waals surface area (Å²) in [4.78, 5) is 36.0. The molecule has 7 nitrogen and oxygen atoms in total. The van der Waals surface area contributed by atoms with E-state index in [0.29, 0.717) is 22.1 Å². The van der Waals surface area contributed by atoms with Crippen molar-refractivity contribution in [2.75, 3.05) is 24.4 Å². The maximum Gasteiger partial charge on any atom is 0.306 e. The van der Waals surface area contributed by atoms with Gasteiger partial charge >= 0.3 is 5.97 Å². The lowest BCUT2D eigenvalue weighted by Crippen LogP contribution is -2.22. The lowest BCUT2D eigenvalue weighted by Gasteiger charge is -2.12. The van der Waals surface area contributed by atoms with E-state index in [1.54, 1.807) is 24.3 Å². The Bertz CT molecular complexity index is 965. The number of benzene rings is 2. The largest absolute Gasteiger partial charge is 0.495 e. The van der Waals surface area contributed by atoms with Crippen LogP contribution >= 0.6 is 27.5 Å². The van der Waals surface area contributed by atoms with Crippen molar-refractivity contribution < 1.29 is 23.9 Å². The first-order chi connectivity index (χ1) is 14.2. The number of anilines is 2. The molecule has 2 amide bonds. The normalized spacial score (nSPS) is 10.3. The van der Waals surface area contributed by atoms with Crippen molar-refractivity contribution in [3.8, 4) is 5.75 Å². The van der Waals surface area contributed by atoms with Crippen LogP contribution in [-0.4, -0.2) is 31.5 Å². The lowest BCUT2D eigenvalue weighted by molar-refractivity contribution is -0.147. The molecule has 0 bridgehead atoms. The van der Waals surface area contributed by atoms with Crippen molar-refractivity contribution in [1.82, 2.24) is 0 Å². The maximum absolute atomic E-state index is 12.1. The van der Waals surface area contributed by atoms with Gasteiger partial charge in [-0.25, -0.2) is 0 Å². The third kappa shape index (κ3) is 6.74. The molecule has 0 saturated heterocycles. The lowest BCUT2D eigenvalue weighted by atomic mass is 10.1. The smallest absolute Gasteiger partial charge is 0.306 e. The first kappa shape index (κ1) is 23.7. The molecule has 0 aliphatic heterocycles. The molecule has 30 heavy (non-hydrogen) atoms. The van der Waals surface area contributed by atoms with Gasteiger partial charge in [0.25, 0.3) is 5.91 Å². The predicted octanol–water partition coefficient (Wildman–Crippen LogP) is 4.63. The van der Waals surface area contributed by atoms with Crippen LogP contribution in [-0.2, 0) is 19.1 Å². The van der Waals surface area contributed by atoms with E-state index in [2.05, 4.69) is 26.6 Å². The molecule has 2 rings (SSSR count). The molecular formula is C21H22BrClN2O5. The Hall–Kier alpha value is -2.58. The Kier molecular flexibility index (Phi) is 8.68. The molecule has 2 aromatic carbocycles. The van der Waals surface area contributed by atoms with Gasteiger partial charge in [0.2, 0.25) is 5.91 Å². The minimum absolute atomic E-state index is 0.110. The number of rotatable bonds is 8. The van der Waals surface area contributed by atoms with Gasteiger partial charge in [-0.3, -0.25) is 14.4 Å². The maximum atomic E-state index is 12.1. The van der Waals surface area contributed by atoms with Crippen LogP contribution in [0.4, 0.5) is 11.4 Å². The zero-order valence-corrected chi connectivity index (χ0v) is 19.1. The van der Waals surface area contributed by atoms with E-state index in [4.69, 9.17) is 21.1 Å². The van der Waals surface area contributed by atoms with E-state index in [-0.39, 0.29) is 12.8 Å². The van der Waals surface area contributed by atoms with Gasteiger partial charge in [0.1, 0.15) is 5.75 Å². The number of amides is 2. The van der Waals surface area contributed by atoms with Crippen LogP contribution in [0.1, 0.15) is 24.0 Å². The van der Waals surface area contributed by atoms with Gasteiger partial charge in [0.05, 0.1) is 19.2 Å². The number of nitrogens with one attached hydrogen (secondary N) is 2. The van der Waals surface area contributed by atoms with Crippen molar-refractivity contribution in [3.05, 3.63) is 51.0 Å². The summed E-state index contributed by atoms with van der Waals surface area (Å²) in [5.41, 5.74) is 2.97. The highest BCUT2D eigenvalue weighted by atomic mass is 79.9. The molecule has 0 atom stereocenters. The average molecular weight is 498 g/mol. The Labute approximate surface area is 188 Å². The molecule has 9 heteroatoms. The quantitative estimate of drug-likeness (QED) is 0.519. The number of methoxy groups -OCH3 is 1. The molecule has 2 aromatic rings. The highest BCUT2D eigenvalue weighted by molar-refractivity contribution is 9.10. The van der Waals surface area contributed by atoms with Crippen LogP contribution in [0.3, 0.4) is 0 Å². The van der Waals surface area contributed by atoms with Gasteiger partial charge in [-0.15, -0.1) is 0 Å². The van der Waals surface area contributed by atoms with Crippen LogP contribution in [0.25, 0.3) is 0 Å². The fraction of sp³-hybridized carbons (Fsp3) is 0.286. The molecule has 0 spiro atoms. The number of hydrogen-bond acceptors (Lipinski definition) is 5. The summed E-state index contributed by atoms with van der Waals surface area (Å²) in [7, 11) is 1.47. The third-order valence-corrected chi connectivity index (χ3v) is 5.45. The summed E-state index contributed by atoms with van der Waals surface area (Å²) >= 11 is 9.35. The zero-order valence-electron chi connectivity index (χ0n) is 16.8. The Balaban J connectivity index is 1.78. The second kappa shape index (κ2) is 11.0. The molecule has 0 aliphatic carbocycles. The molecule has 0 aromatic heterocycles. The Morgan fingerprint density at radius 2 is 1.67 bits per heavy atom. The first-order valence-corrected chi connectivity index (χ1v) is 10.2.